The summed E-state index contributed by atoms with van der Waals surface area (Å²) in [6.45, 7) is 3.56. The van der Waals surface area contributed by atoms with Gasteiger partial charge in [0.2, 0.25) is 17.6 Å². The zero-order chi connectivity index (χ0) is 13.1. The fourth-order valence-electron chi connectivity index (χ4n) is 1.71. The molecular weight excluding hydrogens is 230 g/mol. The van der Waals surface area contributed by atoms with Crippen molar-refractivity contribution in [3.05, 3.63) is 35.7 Å². The summed E-state index contributed by atoms with van der Waals surface area (Å²) in [4.78, 5) is 15.2. The summed E-state index contributed by atoms with van der Waals surface area (Å²) >= 11 is 0. The van der Waals surface area contributed by atoms with Crippen LogP contribution in [-0.4, -0.2) is 16.0 Å². The molecule has 0 spiro atoms. The first-order valence-corrected chi connectivity index (χ1v) is 5.75. The standard InChI is InChI=1S/C13H15N3O2/c1-8(12(14)17)6-10-4-3-5-11(7-10)13-15-9(2)18-16-13/h3-5,7-8H,6H2,1-2H3,(H2,14,17). The Labute approximate surface area is 105 Å². The van der Waals surface area contributed by atoms with Crippen LogP contribution in [0.25, 0.3) is 11.4 Å². The molecular formula is C13H15N3O2. The fourth-order valence-corrected chi connectivity index (χ4v) is 1.71. The number of benzene rings is 1. The minimum absolute atomic E-state index is 0.188. The van der Waals surface area contributed by atoms with E-state index in [1.54, 1.807) is 6.92 Å². The van der Waals surface area contributed by atoms with Gasteiger partial charge in [-0.15, -0.1) is 0 Å². The molecule has 0 aliphatic rings. The predicted octanol–water partition coefficient (Wildman–Crippen LogP) is 1.71. The van der Waals surface area contributed by atoms with E-state index in [0.29, 0.717) is 18.1 Å². The van der Waals surface area contributed by atoms with Gasteiger partial charge < -0.3 is 10.3 Å². The van der Waals surface area contributed by atoms with Crippen LogP contribution in [0.4, 0.5) is 0 Å². The van der Waals surface area contributed by atoms with Gasteiger partial charge in [-0.25, -0.2) is 0 Å². The Bertz CT molecular complexity index is 563. The highest BCUT2D eigenvalue weighted by Crippen LogP contribution is 2.18. The highest BCUT2D eigenvalue weighted by atomic mass is 16.5. The van der Waals surface area contributed by atoms with Crippen molar-refractivity contribution < 1.29 is 9.32 Å². The number of rotatable bonds is 4. The van der Waals surface area contributed by atoms with Crippen molar-refractivity contribution in [2.75, 3.05) is 0 Å². The third-order valence-corrected chi connectivity index (χ3v) is 2.74. The van der Waals surface area contributed by atoms with Crippen LogP contribution in [0.5, 0.6) is 0 Å². The molecule has 0 aliphatic heterocycles. The fraction of sp³-hybridized carbons (Fsp3) is 0.308. The van der Waals surface area contributed by atoms with E-state index in [-0.39, 0.29) is 11.8 Å². The summed E-state index contributed by atoms with van der Waals surface area (Å²) in [6.07, 6.45) is 0.611. The van der Waals surface area contributed by atoms with Crippen molar-refractivity contribution in [1.29, 1.82) is 0 Å². The van der Waals surface area contributed by atoms with Gasteiger partial charge in [0.15, 0.2) is 0 Å². The Morgan fingerprint density at radius 1 is 1.50 bits per heavy atom. The molecule has 0 fully saturated rings. The van der Waals surface area contributed by atoms with Crippen molar-refractivity contribution in [2.24, 2.45) is 11.7 Å². The van der Waals surface area contributed by atoms with E-state index in [1.165, 1.54) is 0 Å². The monoisotopic (exact) mass is 245 g/mol. The van der Waals surface area contributed by atoms with Crippen LogP contribution in [0.2, 0.25) is 0 Å². The molecule has 0 saturated heterocycles. The number of carbonyl (C=O) groups is 1. The quantitative estimate of drug-likeness (QED) is 0.888. The molecule has 1 aromatic heterocycles. The van der Waals surface area contributed by atoms with Crippen LogP contribution < -0.4 is 5.73 Å². The van der Waals surface area contributed by atoms with Gasteiger partial charge in [0.25, 0.3) is 0 Å². The second-order valence-electron chi connectivity index (χ2n) is 4.34. The molecule has 2 N–H and O–H groups in total. The maximum Gasteiger partial charge on any atom is 0.223 e. The molecule has 0 radical (unpaired) electrons. The van der Waals surface area contributed by atoms with Gasteiger partial charge in [0.05, 0.1) is 0 Å². The molecule has 94 valence electrons. The number of hydrogen-bond donors (Lipinski definition) is 1. The SMILES string of the molecule is Cc1nc(-c2cccc(CC(C)C(N)=O)c2)no1. The van der Waals surface area contributed by atoms with Crippen molar-refractivity contribution in [1.82, 2.24) is 10.1 Å². The van der Waals surface area contributed by atoms with Gasteiger partial charge in [-0.3, -0.25) is 4.79 Å². The Hall–Kier alpha value is -2.17. The highest BCUT2D eigenvalue weighted by molar-refractivity contribution is 5.76. The molecule has 0 bridgehead atoms. The number of hydrogen-bond acceptors (Lipinski definition) is 4. The van der Waals surface area contributed by atoms with E-state index >= 15 is 0 Å². The number of nitrogens with zero attached hydrogens (tertiary/aromatic N) is 2. The van der Waals surface area contributed by atoms with Crippen LogP contribution in [0.1, 0.15) is 18.4 Å². The number of amides is 1. The van der Waals surface area contributed by atoms with E-state index in [4.69, 9.17) is 10.3 Å². The van der Waals surface area contributed by atoms with Gasteiger partial charge in [-0.1, -0.05) is 30.3 Å². The first-order chi connectivity index (χ1) is 8.56. The molecule has 1 atom stereocenters. The van der Waals surface area contributed by atoms with Crippen molar-refractivity contribution >= 4 is 5.91 Å². The molecule has 1 heterocycles. The van der Waals surface area contributed by atoms with Gasteiger partial charge in [-0.05, 0) is 18.1 Å². The van der Waals surface area contributed by atoms with Crippen LogP contribution in [-0.2, 0) is 11.2 Å². The van der Waals surface area contributed by atoms with Crippen molar-refractivity contribution in [3.63, 3.8) is 0 Å². The summed E-state index contributed by atoms with van der Waals surface area (Å²) in [7, 11) is 0. The predicted molar refractivity (Wildman–Crippen MR) is 66.5 cm³/mol. The third kappa shape index (κ3) is 2.74. The largest absolute Gasteiger partial charge is 0.369 e. The first kappa shape index (κ1) is 12.3. The van der Waals surface area contributed by atoms with Gasteiger partial charge >= 0.3 is 0 Å². The summed E-state index contributed by atoms with van der Waals surface area (Å²) in [5, 5.41) is 3.86. The van der Waals surface area contributed by atoms with Crippen LogP contribution in [0.15, 0.2) is 28.8 Å². The normalized spacial score (nSPS) is 12.3. The van der Waals surface area contributed by atoms with Crippen molar-refractivity contribution in [2.45, 2.75) is 20.3 Å². The second kappa shape index (κ2) is 5.00. The van der Waals surface area contributed by atoms with Gasteiger partial charge in [-0.2, -0.15) is 4.98 Å². The summed E-state index contributed by atoms with van der Waals surface area (Å²) in [6, 6.07) is 7.71. The number of aryl methyl sites for hydroxylation is 1. The van der Waals surface area contributed by atoms with Crippen LogP contribution in [0, 0.1) is 12.8 Å². The molecule has 0 saturated carbocycles. The lowest BCUT2D eigenvalue weighted by Crippen LogP contribution is -2.22. The summed E-state index contributed by atoms with van der Waals surface area (Å²) < 4.78 is 4.94. The van der Waals surface area contributed by atoms with Crippen molar-refractivity contribution in [3.8, 4) is 11.4 Å². The Morgan fingerprint density at radius 2 is 2.28 bits per heavy atom. The minimum Gasteiger partial charge on any atom is -0.369 e. The molecule has 1 aromatic carbocycles. The molecule has 18 heavy (non-hydrogen) atoms. The average Bonchev–Trinajstić information content (AvgIpc) is 2.76. The molecule has 2 aromatic rings. The maximum absolute atomic E-state index is 11.0. The zero-order valence-electron chi connectivity index (χ0n) is 10.4. The van der Waals surface area contributed by atoms with E-state index in [0.717, 1.165) is 11.1 Å². The molecule has 2 rings (SSSR count). The number of nitrogens with two attached hydrogens (primary N) is 1. The van der Waals surface area contributed by atoms with E-state index in [1.807, 2.05) is 31.2 Å². The zero-order valence-corrected chi connectivity index (χ0v) is 10.4. The molecule has 5 heteroatoms. The summed E-state index contributed by atoms with van der Waals surface area (Å²) in [5.41, 5.74) is 7.16. The highest BCUT2D eigenvalue weighted by Gasteiger charge is 2.11. The lowest BCUT2D eigenvalue weighted by molar-refractivity contribution is -0.121. The number of carbonyl (C=O) groups excluding carboxylic acids is 1. The Balaban J connectivity index is 2.22. The lowest BCUT2D eigenvalue weighted by Gasteiger charge is -2.07. The molecule has 5 nitrogen and oxygen atoms in total. The minimum atomic E-state index is -0.296. The van der Waals surface area contributed by atoms with E-state index < -0.39 is 0 Å². The number of aromatic nitrogens is 2. The van der Waals surface area contributed by atoms with Gasteiger partial charge in [0, 0.05) is 18.4 Å². The van der Waals surface area contributed by atoms with E-state index in [2.05, 4.69) is 10.1 Å². The summed E-state index contributed by atoms with van der Waals surface area (Å²) in [5.74, 6) is 0.602. The Kier molecular flexibility index (Phi) is 3.41. The molecule has 1 amide bonds. The van der Waals surface area contributed by atoms with Gasteiger partial charge in [0.1, 0.15) is 0 Å². The average molecular weight is 245 g/mol. The molecule has 0 aliphatic carbocycles. The number of primary amides is 1. The van der Waals surface area contributed by atoms with Crippen LogP contribution >= 0.6 is 0 Å². The smallest absolute Gasteiger partial charge is 0.223 e. The lowest BCUT2D eigenvalue weighted by atomic mass is 9.99. The Morgan fingerprint density at radius 3 is 2.89 bits per heavy atom. The van der Waals surface area contributed by atoms with E-state index in [9.17, 15) is 4.79 Å². The maximum atomic E-state index is 11.0. The first-order valence-electron chi connectivity index (χ1n) is 5.75. The topological polar surface area (TPSA) is 82.0 Å². The molecule has 1 unspecified atom stereocenters. The van der Waals surface area contributed by atoms with Crippen LogP contribution in [0.3, 0.4) is 0 Å². The third-order valence-electron chi connectivity index (χ3n) is 2.74. The second-order valence-corrected chi connectivity index (χ2v) is 4.34.